The van der Waals surface area contributed by atoms with Gasteiger partial charge in [-0.25, -0.2) is 0 Å². The van der Waals surface area contributed by atoms with Crippen molar-refractivity contribution in [3.05, 3.63) is 70.8 Å². The van der Waals surface area contributed by atoms with Crippen molar-refractivity contribution in [2.24, 2.45) is 11.8 Å². The molecule has 194 valence electrons. The Morgan fingerprint density at radius 3 is 1.03 bits per heavy atom. The summed E-state index contributed by atoms with van der Waals surface area (Å²) >= 11 is 0. The smallest absolute Gasteiger partial charge is 1.00 e. The van der Waals surface area contributed by atoms with Gasteiger partial charge in [-0.3, -0.25) is 0 Å². The third-order valence-corrected chi connectivity index (χ3v) is 4.95. The van der Waals surface area contributed by atoms with Crippen LogP contribution in [-0.2, 0) is 43.5 Å². The van der Waals surface area contributed by atoms with Crippen molar-refractivity contribution in [2.75, 3.05) is 0 Å². The van der Waals surface area contributed by atoms with E-state index in [1.807, 2.05) is 48.5 Å². The Kier molecular flexibility index (Phi) is 23.3. The molecule has 2 aromatic carbocycles. The molecule has 2 atom stereocenters. The predicted molar refractivity (Wildman–Crippen MR) is 122 cm³/mol. The molecule has 0 bridgehead atoms. The van der Waals surface area contributed by atoms with E-state index in [1.165, 1.54) is 11.1 Å². The first-order valence-corrected chi connectivity index (χ1v) is 10.6. The van der Waals surface area contributed by atoms with Gasteiger partial charge < -0.3 is 50.8 Å². The Morgan fingerprint density at radius 1 is 0.618 bits per heavy atom. The molecule has 34 heavy (non-hydrogen) atoms. The summed E-state index contributed by atoms with van der Waals surface area (Å²) in [7, 11) is 0. The van der Waals surface area contributed by atoms with Gasteiger partial charge in [0.15, 0.2) is 0 Å². The molecular weight excluding hydrogens is 656 g/mol. The first-order chi connectivity index (χ1) is 14.0. The van der Waals surface area contributed by atoms with Crippen LogP contribution in [0.1, 0.15) is 75.6 Å². The Labute approximate surface area is 231 Å². The molecule has 8 heteroatoms. The number of carbonyl (C=O) groups excluding carboxylic acids is 2. The molecule has 0 aromatic heterocycles. The van der Waals surface area contributed by atoms with E-state index in [-0.39, 0.29) is 52.0 Å². The number of hydrogen-bond donors (Lipinski definition) is 1. The van der Waals surface area contributed by atoms with E-state index in [2.05, 4.69) is 27.7 Å². The van der Waals surface area contributed by atoms with Crippen molar-refractivity contribution < 1.29 is 65.7 Å². The minimum Gasteiger partial charge on any atom is -1.00 e. The van der Waals surface area contributed by atoms with Crippen molar-refractivity contribution in [3.8, 4) is 0 Å². The van der Waals surface area contributed by atoms with Crippen LogP contribution < -0.4 is 41.2 Å². The van der Waals surface area contributed by atoms with Gasteiger partial charge in [-0.05, 0) is 46.9 Å². The summed E-state index contributed by atoms with van der Waals surface area (Å²) in [5, 5.41) is 21.3. The number of carbonyl (C=O) groups is 2. The maximum Gasteiger partial charge on any atom is 4.00 e. The molecule has 0 saturated heterocycles. The summed E-state index contributed by atoms with van der Waals surface area (Å²) in [6.45, 7) is 11.9. The number of rotatable bonds is 8. The van der Waals surface area contributed by atoms with Gasteiger partial charge in [-0.2, -0.15) is 0 Å². The van der Waals surface area contributed by atoms with Gasteiger partial charge in [-0.1, -0.05) is 90.1 Å². The van der Waals surface area contributed by atoms with Crippen molar-refractivity contribution in [1.29, 1.82) is 0 Å². The van der Waals surface area contributed by atoms with E-state index in [0.29, 0.717) is 11.8 Å². The third-order valence-electron chi connectivity index (χ3n) is 4.95. The molecule has 0 saturated carbocycles. The Hall–Kier alpha value is -1.39. The molecule has 0 amide bonds. The topological polar surface area (TPSA) is 115 Å². The van der Waals surface area contributed by atoms with Crippen LogP contribution in [0.15, 0.2) is 48.5 Å². The zero-order valence-corrected chi connectivity index (χ0v) is 24.5. The maximum absolute atomic E-state index is 10.7. The Balaban J connectivity index is -0.000000237. The Bertz CT molecular complexity index is 743. The molecule has 0 aliphatic carbocycles. The summed E-state index contributed by atoms with van der Waals surface area (Å²) in [5.41, 5.74) is 4.11. The number of aliphatic carboxylic acids is 2. The van der Waals surface area contributed by atoms with Crippen LogP contribution in [0, 0.1) is 11.8 Å². The van der Waals surface area contributed by atoms with Gasteiger partial charge >= 0.3 is 21.1 Å². The van der Waals surface area contributed by atoms with Crippen molar-refractivity contribution in [3.63, 3.8) is 0 Å². The zero-order valence-electron chi connectivity index (χ0n) is 20.8. The van der Waals surface area contributed by atoms with Crippen molar-refractivity contribution >= 4 is 11.9 Å². The van der Waals surface area contributed by atoms with E-state index in [1.54, 1.807) is 13.8 Å². The van der Waals surface area contributed by atoms with Gasteiger partial charge in [0, 0.05) is 23.8 Å². The average molecular weight is 694 g/mol. The van der Waals surface area contributed by atoms with Crippen molar-refractivity contribution in [2.45, 2.75) is 66.2 Å². The minimum atomic E-state index is -1.02. The van der Waals surface area contributed by atoms with Gasteiger partial charge in [0.05, 0.1) is 0 Å². The van der Waals surface area contributed by atoms with Crippen molar-refractivity contribution in [1.82, 2.24) is 6.15 Å². The molecule has 0 aliphatic rings. The third kappa shape index (κ3) is 14.8. The van der Waals surface area contributed by atoms with Crippen LogP contribution in [0.3, 0.4) is 0 Å². The monoisotopic (exact) mass is 692 g/mol. The molecule has 0 aliphatic heterocycles. The van der Waals surface area contributed by atoms with E-state index in [9.17, 15) is 19.8 Å². The molecule has 0 radical (unpaired) electrons. The minimum absolute atomic E-state index is 0. The van der Waals surface area contributed by atoms with Gasteiger partial charge in [0.1, 0.15) is 0 Å². The summed E-state index contributed by atoms with van der Waals surface area (Å²) in [6.07, 6.45) is 2.06. The van der Waals surface area contributed by atoms with Gasteiger partial charge in [0.25, 0.3) is 0 Å². The van der Waals surface area contributed by atoms with E-state index in [0.717, 1.165) is 24.0 Å². The van der Waals surface area contributed by atoms with Gasteiger partial charge in [-0.15, -0.1) is 0 Å². The number of carboxylic acid groups (broad SMARTS) is 2. The quantitative estimate of drug-likeness (QED) is 0.333. The largest absolute Gasteiger partial charge is 4.00 e. The molecule has 5 nitrogen and oxygen atoms in total. The molecule has 0 fully saturated rings. The summed E-state index contributed by atoms with van der Waals surface area (Å²) in [4.78, 5) is 21.3. The summed E-state index contributed by atoms with van der Waals surface area (Å²) in [6, 6.07) is 15.5. The van der Waals surface area contributed by atoms with Crippen LogP contribution in [0.4, 0.5) is 0 Å². The standard InChI is InChI=1S/2C13H18O2.2ClH.H3N.Pt/c2*1-9(2)8-11-4-6-12(7-5-11)10(3)13(14)15;;;;/h2*4-7,9-10H,8H2,1-3H3,(H,14,15);2*1H;1H3;/q;;;;;+4/p-4. The molecule has 2 unspecified atom stereocenters. The fraction of sp³-hybridized carbons (Fsp3) is 0.462. The van der Waals surface area contributed by atoms with Crippen LogP contribution in [0.5, 0.6) is 0 Å². The second-order valence-corrected chi connectivity index (χ2v) is 8.76. The summed E-state index contributed by atoms with van der Waals surface area (Å²) < 4.78 is 0. The second kappa shape index (κ2) is 19.9. The normalized spacial score (nSPS) is 11.3. The SMILES string of the molecule is CC(C)Cc1ccc(C(C)C(=O)[O-])cc1.CC(C)Cc1ccc(C(C)C(=O)[O-])cc1.N.[Cl-].[Cl-].[Pt+4]. The number of halogens is 2. The molecule has 3 N–H and O–H groups in total. The van der Waals surface area contributed by atoms with Gasteiger partial charge in [0.2, 0.25) is 0 Å². The zero-order chi connectivity index (χ0) is 22.8. The fourth-order valence-corrected chi connectivity index (χ4v) is 3.10. The first kappa shape index (κ1) is 39.8. The van der Waals surface area contributed by atoms with E-state index < -0.39 is 23.8 Å². The molecule has 2 aromatic rings. The number of carboxylic acids is 2. The van der Waals surface area contributed by atoms with Crippen LogP contribution in [0.2, 0.25) is 0 Å². The molecule has 0 heterocycles. The Morgan fingerprint density at radius 2 is 0.853 bits per heavy atom. The van der Waals surface area contributed by atoms with E-state index in [4.69, 9.17) is 0 Å². The molecular formula is C26H37Cl2NO4Pt. The van der Waals surface area contributed by atoms with Crippen LogP contribution in [0.25, 0.3) is 0 Å². The molecule has 0 spiro atoms. The first-order valence-electron chi connectivity index (χ1n) is 10.6. The van der Waals surface area contributed by atoms with Crippen LogP contribution >= 0.6 is 0 Å². The number of hydrogen-bond acceptors (Lipinski definition) is 5. The fourth-order valence-electron chi connectivity index (χ4n) is 3.10. The maximum atomic E-state index is 10.7. The number of benzene rings is 2. The predicted octanol–water partition coefficient (Wildman–Crippen LogP) is -2.36. The average Bonchev–Trinajstić information content (AvgIpc) is 2.67. The summed E-state index contributed by atoms with van der Waals surface area (Å²) in [5.74, 6) is -1.86. The van der Waals surface area contributed by atoms with E-state index >= 15 is 0 Å². The second-order valence-electron chi connectivity index (χ2n) is 8.76. The molecule has 2 rings (SSSR count). The van der Waals surface area contributed by atoms with Crippen LogP contribution in [-0.4, -0.2) is 11.9 Å².